The lowest BCUT2D eigenvalue weighted by molar-refractivity contribution is 0.462. The lowest BCUT2D eigenvalue weighted by Gasteiger charge is -2.15. The standard InChI is InChI=1S/C12H17BrN6O/c1-7(2)5-19-12(20)10(13)9(4-16-19)17-8(3)11-14-6-15-18-11/h4,6-8,17H,5H2,1-3H3,(H,14,15,18). The van der Waals surface area contributed by atoms with Crippen molar-refractivity contribution in [2.75, 3.05) is 5.32 Å². The monoisotopic (exact) mass is 340 g/mol. The van der Waals surface area contributed by atoms with Gasteiger partial charge < -0.3 is 5.32 Å². The average Bonchev–Trinajstić information content (AvgIpc) is 2.92. The van der Waals surface area contributed by atoms with Crippen molar-refractivity contribution in [1.29, 1.82) is 0 Å². The molecule has 2 N–H and O–H groups in total. The predicted octanol–water partition coefficient (Wildman–Crippen LogP) is 1.95. The summed E-state index contributed by atoms with van der Waals surface area (Å²) in [5.41, 5.74) is 0.493. The van der Waals surface area contributed by atoms with Crippen LogP contribution in [-0.4, -0.2) is 25.0 Å². The summed E-state index contributed by atoms with van der Waals surface area (Å²) in [6.07, 6.45) is 3.09. The molecule has 2 aromatic rings. The van der Waals surface area contributed by atoms with E-state index in [1.807, 2.05) is 20.8 Å². The van der Waals surface area contributed by atoms with E-state index < -0.39 is 0 Å². The van der Waals surface area contributed by atoms with E-state index >= 15 is 0 Å². The van der Waals surface area contributed by atoms with Crippen LogP contribution in [0.3, 0.4) is 0 Å². The average molecular weight is 341 g/mol. The summed E-state index contributed by atoms with van der Waals surface area (Å²) in [5.74, 6) is 1.06. The topological polar surface area (TPSA) is 88.5 Å². The van der Waals surface area contributed by atoms with E-state index in [0.29, 0.717) is 28.4 Å². The highest BCUT2D eigenvalue weighted by atomic mass is 79.9. The first kappa shape index (κ1) is 14.7. The van der Waals surface area contributed by atoms with Gasteiger partial charge in [-0.2, -0.15) is 10.2 Å². The molecule has 8 heteroatoms. The summed E-state index contributed by atoms with van der Waals surface area (Å²) in [6, 6.07) is -0.101. The zero-order valence-electron chi connectivity index (χ0n) is 11.6. The fraction of sp³-hybridized carbons (Fsp3) is 0.500. The van der Waals surface area contributed by atoms with Gasteiger partial charge in [0, 0.05) is 6.54 Å². The molecule has 0 bridgehead atoms. The molecule has 0 aliphatic carbocycles. The van der Waals surface area contributed by atoms with Crippen molar-refractivity contribution in [3.8, 4) is 0 Å². The molecule has 0 saturated heterocycles. The van der Waals surface area contributed by atoms with Crippen LogP contribution >= 0.6 is 15.9 Å². The molecule has 0 fully saturated rings. The number of nitrogens with zero attached hydrogens (tertiary/aromatic N) is 4. The van der Waals surface area contributed by atoms with E-state index in [4.69, 9.17) is 0 Å². The minimum Gasteiger partial charge on any atom is -0.373 e. The Bertz CT molecular complexity index is 621. The zero-order valence-corrected chi connectivity index (χ0v) is 13.2. The molecule has 0 saturated carbocycles. The molecule has 1 atom stereocenters. The smallest absolute Gasteiger partial charge is 0.283 e. The van der Waals surface area contributed by atoms with Crippen LogP contribution in [0.15, 0.2) is 21.8 Å². The fourth-order valence-corrected chi connectivity index (χ4v) is 2.19. The molecule has 0 aliphatic heterocycles. The van der Waals surface area contributed by atoms with Crippen molar-refractivity contribution in [1.82, 2.24) is 25.0 Å². The molecule has 1 unspecified atom stereocenters. The van der Waals surface area contributed by atoms with E-state index in [1.54, 1.807) is 6.20 Å². The van der Waals surface area contributed by atoms with Crippen molar-refractivity contribution in [2.24, 2.45) is 5.92 Å². The van der Waals surface area contributed by atoms with Gasteiger partial charge in [0.2, 0.25) is 0 Å². The van der Waals surface area contributed by atoms with Crippen molar-refractivity contribution in [3.63, 3.8) is 0 Å². The maximum Gasteiger partial charge on any atom is 0.283 e. The van der Waals surface area contributed by atoms with E-state index in [1.165, 1.54) is 11.0 Å². The first-order valence-corrected chi connectivity index (χ1v) is 7.15. The third kappa shape index (κ3) is 3.24. The molecule has 20 heavy (non-hydrogen) atoms. The van der Waals surface area contributed by atoms with E-state index in [0.717, 1.165) is 0 Å². The first-order chi connectivity index (χ1) is 9.49. The number of hydrogen-bond donors (Lipinski definition) is 2. The van der Waals surface area contributed by atoms with Crippen molar-refractivity contribution in [2.45, 2.75) is 33.4 Å². The molecule has 2 aromatic heterocycles. The zero-order chi connectivity index (χ0) is 14.7. The largest absolute Gasteiger partial charge is 0.373 e. The minimum absolute atomic E-state index is 0.101. The summed E-state index contributed by atoms with van der Waals surface area (Å²) in [4.78, 5) is 16.2. The Kier molecular flexibility index (Phi) is 4.53. The van der Waals surface area contributed by atoms with Crippen LogP contribution in [-0.2, 0) is 6.54 Å². The Labute approximate surface area is 124 Å². The van der Waals surface area contributed by atoms with Gasteiger partial charge in [-0.1, -0.05) is 13.8 Å². The van der Waals surface area contributed by atoms with Gasteiger partial charge in [-0.15, -0.1) is 0 Å². The van der Waals surface area contributed by atoms with Gasteiger partial charge in [-0.05, 0) is 28.8 Å². The molecular weight excluding hydrogens is 324 g/mol. The number of aromatic nitrogens is 5. The Hall–Kier alpha value is -1.70. The third-order valence-corrected chi connectivity index (χ3v) is 3.51. The summed E-state index contributed by atoms with van der Waals surface area (Å²) in [5, 5.41) is 13.9. The van der Waals surface area contributed by atoms with Crippen LogP contribution in [0.1, 0.15) is 32.6 Å². The van der Waals surface area contributed by atoms with Crippen LogP contribution in [0.5, 0.6) is 0 Å². The lowest BCUT2D eigenvalue weighted by Crippen LogP contribution is -2.26. The maximum atomic E-state index is 12.2. The van der Waals surface area contributed by atoms with Crippen LogP contribution < -0.4 is 10.9 Å². The second-order valence-electron chi connectivity index (χ2n) is 4.99. The van der Waals surface area contributed by atoms with Gasteiger partial charge in [0.15, 0.2) is 0 Å². The highest BCUT2D eigenvalue weighted by molar-refractivity contribution is 9.10. The Balaban J connectivity index is 2.21. The fourth-order valence-electron chi connectivity index (χ4n) is 1.77. The highest BCUT2D eigenvalue weighted by Crippen LogP contribution is 2.21. The molecular formula is C12H17BrN6O. The molecule has 2 rings (SSSR count). The lowest BCUT2D eigenvalue weighted by atomic mass is 10.2. The normalized spacial score (nSPS) is 12.7. The highest BCUT2D eigenvalue weighted by Gasteiger charge is 2.14. The molecule has 7 nitrogen and oxygen atoms in total. The number of halogens is 1. The summed E-state index contributed by atoms with van der Waals surface area (Å²) >= 11 is 3.33. The number of hydrogen-bond acceptors (Lipinski definition) is 5. The van der Waals surface area contributed by atoms with Crippen molar-refractivity contribution >= 4 is 21.6 Å². The second kappa shape index (κ2) is 6.17. The van der Waals surface area contributed by atoms with Crippen LogP contribution in [0.4, 0.5) is 5.69 Å². The summed E-state index contributed by atoms with van der Waals surface area (Å²) in [6.45, 7) is 6.60. The van der Waals surface area contributed by atoms with E-state index in [-0.39, 0.29) is 11.6 Å². The second-order valence-corrected chi connectivity index (χ2v) is 5.78. The Morgan fingerprint density at radius 3 is 2.80 bits per heavy atom. The van der Waals surface area contributed by atoms with Crippen LogP contribution in [0, 0.1) is 5.92 Å². The van der Waals surface area contributed by atoms with Crippen LogP contribution in [0.25, 0.3) is 0 Å². The molecule has 108 valence electrons. The first-order valence-electron chi connectivity index (χ1n) is 6.36. The van der Waals surface area contributed by atoms with Gasteiger partial charge >= 0.3 is 0 Å². The van der Waals surface area contributed by atoms with Crippen molar-refractivity contribution in [3.05, 3.63) is 33.2 Å². The third-order valence-electron chi connectivity index (χ3n) is 2.74. The van der Waals surface area contributed by atoms with Gasteiger partial charge in [-0.25, -0.2) is 9.67 Å². The van der Waals surface area contributed by atoms with Crippen molar-refractivity contribution < 1.29 is 0 Å². The number of anilines is 1. The van der Waals surface area contributed by atoms with Crippen LogP contribution in [0.2, 0.25) is 0 Å². The Morgan fingerprint density at radius 1 is 1.45 bits per heavy atom. The number of rotatable bonds is 5. The number of nitrogens with one attached hydrogen (secondary N) is 2. The molecule has 0 amide bonds. The van der Waals surface area contributed by atoms with Gasteiger partial charge in [0.1, 0.15) is 16.6 Å². The van der Waals surface area contributed by atoms with E-state index in [9.17, 15) is 4.79 Å². The molecule has 0 spiro atoms. The Morgan fingerprint density at radius 2 is 2.20 bits per heavy atom. The molecule has 0 aliphatic rings. The maximum absolute atomic E-state index is 12.2. The summed E-state index contributed by atoms with van der Waals surface area (Å²) < 4.78 is 1.93. The van der Waals surface area contributed by atoms with Gasteiger partial charge in [-0.3, -0.25) is 9.89 Å². The SMILES string of the molecule is CC(C)Cn1ncc(NC(C)c2ncn[nH]2)c(Br)c1=O. The number of aromatic amines is 1. The minimum atomic E-state index is -0.145. The van der Waals surface area contributed by atoms with Gasteiger partial charge in [0.05, 0.1) is 17.9 Å². The number of H-pyrrole nitrogens is 1. The summed E-state index contributed by atoms with van der Waals surface area (Å²) in [7, 11) is 0. The quantitative estimate of drug-likeness (QED) is 0.868. The molecule has 0 radical (unpaired) electrons. The predicted molar refractivity (Wildman–Crippen MR) is 79.5 cm³/mol. The van der Waals surface area contributed by atoms with E-state index in [2.05, 4.69) is 41.5 Å². The molecule has 0 aromatic carbocycles. The molecule has 2 heterocycles. The van der Waals surface area contributed by atoms with Gasteiger partial charge in [0.25, 0.3) is 5.56 Å².